The number of carbonyl (C=O) groups is 2. The molecule has 8 heteroatoms. The minimum atomic E-state index is -0.291. The summed E-state index contributed by atoms with van der Waals surface area (Å²) in [5, 5.41) is 2.89. The number of anilines is 1. The molecular formula is C28H39N3O5. The molecule has 2 aromatic rings. The molecule has 0 unspecified atom stereocenters. The molecule has 0 fully saturated rings. The molecule has 36 heavy (non-hydrogen) atoms. The van der Waals surface area contributed by atoms with Crippen molar-refractivity contribution in [2.75, 3.05) is 52.8 Å². The topological polar surface area (TPSA) is 80.3 Å². The predicted octanol–water partition coefficient (Wildman–Crippen LogP) is 4.16. The largest absolute Gasteiger partial charge is 0.497 e. The monoisotopic (exact) mass is 497 g/mol. The number of likely N-dealkylation sites (N-methyl/N-ethyl adjacent to an activating group) is 1. The van der Waals surface area contributed by atoms with Gasteiger partial charge in [0.1, 0.15) is 18.1 Å². The van der Waals surface area contributed by atoms with Crippen LogP contribution in [0.25, 0.3) is 0 Å². The molecule has 0 radical (unpaired) electrons. The molecule has 1 aliphatic rings. The first-order chi connectivity index (χ1) is 17.3. The Morgan fingerprint density at radius 2 is 1.92 bits per heavy atom. The Morgan fingerprint density at radius 1 is 1.14 bits per heavy atom. The predicted molar refractivity (Wildman–Crippen MR) is 141 cm³/mol. The SMILES string of the molecule is CCCN1C[C@@H](C)[C@H](OC)CN(C)C(=O)c2cc(NC(=O)c3cccc(OC)c3)ccc2OC[C@H]1C. The van der Waals surface area contributed by atoms with Crippen molar-refractivity contribution in [1.29, 1.82) is 0 Å². The lowest BCUT2D eigenvalue weighted by Crippen LogP contribution is -2.46. The molecule has 1 aliphatic heterocycles. The van der Waals surface area contributed by atoms with Gasteiger partial charge in [-0.1, -0.05) is 19.9 Å². The molecule has 0 aliphatic carbocycles. The summed E-state index contributed by atoms with van der Waals surface area (Å²) in [6, 6.07) is 12.3. The van der Waals surface area contributed by atoms with Gasteiger partial charge in [0.25, 0.3) is 11.8 Å². The van der Waals surface area contributed by atoms with E-state index in [1.807, 2.05) is 0 Å². The second-order valence-electron chi connectivity index (χ2n) is 9.49. The summed E-state index contributed by atoms with van der Waals surface area (Å²) in [6.07, 6.45) is 0.935. The van der Waals surface area contributed by atoms with Crippen molar-refractivity contribution in [1.82, 2.24) is 9.80 Å². The zero-order chi connectivity index (χ0) is 26.2. The second-order valence-corrected chi connectivity index (χ2v) is 9.49. The quantitative estimate of drug-likeness (QED) is 0.646. The van der Waals surface area contributed by atoms with Gasteiger partial charge in [-0.3, -0.25) is 14.5 Å². The van der Waals surface area contributed by atoms with E-state index in [9.17, 15) is 9.59 Å². The van der Waals surface area contributed by atoms with Crippen LogP contribution in [0.15, 0.2) is 42.5 Å². The molecule has 196 valence electrons. The van der Waals surface area contributed by atoms with Gasteiger partial charge in [-0.2, -0.15) is 0 Å². The normalized spacial score (nSPS) is 21.6. The number of hydrogen-bond acceptors (Lipinski definition) is 6. The van der Waals surface area contributed by atoms with E-state index in [0.29, 0.717) is 41.5 Å². The third-order valence-electron chi connectivity index (χ3n) is 6.67. The summed E-state index contributed by atoms with van der Waals surface area (Å²) in [5.41, 5.74) is 1.37. The molecule has 3 rings (SSSR count). The molecule has 3 atom stereocenters. The maximum absolute atomic E-state index is 13.5. The van der Waals surface area contributed by atoms with Gasteiger partial charge in [0.15, 0.2) is 0 Å². The van der Waals surface area contributed by atoms with E-state index in [2.05, 4.69) is 31.0 Å². The van der Waals surface area contributed by atoms with Crippen LogP contribution >= 0.6 is 0 Å². The first-order valence-corrected chi connectivity index (χ1v) is 12.5. The van der Waals surface area contributed by atoms with Crippen LogP contribution < -0.4 is 14.8 Å². The zero-order valence-corrected chi connectivity index (χ0v) is 22.2. The maximum atomic E-state index is 13.5. The fraction of sp³-hybridized carbons (Fsp3) is 0.500. The van der Waals surface area contributed by atoms with Gasteiger partial charge in [0.2, 0.25) is 0 Å². The Morgan fingerprint density at radius 3 is 2.61 bits per heavy atom. The van der Waals surface area contributed by atoms with E-state index in [4.69, 9.17) is 14.2 Å². The molecule has 0 bridgehead atoms. The zero-order valence-electron chi connectivity index (χ0n) is 22.2. The van der Waals surface area contributed by atoms with Crippen LogP contribution in [0.5, 0.6) is 11.5 Å². The third-order valence-corrected chi connectivity index (χ3v) is 6.67. The Hall–Kier alpha value is -3.10. The molecule has 1 N–H and O–H groups in total. The maximum Gasteiger partial charge on any atom is 0.257 e. The van der Waals surface area contributed by atoms with Crippen molar-refractivity contribution in [3.05, 3.63) is 53.6 Å². The van der Waals surface area contributed by atoms with Crippen molar-refractivity contribution >= 4 is 17.5 Å². The fourth-order valence-electron chi connectivity index (χ4n) is 4.50. The molecule has 1 heterocycles. The average molecular weight is 498 g/mol. The highest BCUT2D eigenvalue weighted by Crippen LogP contribution is 2.27. The number of nitrogens with one attached hydrogen (secondary N) is 1. The average Bonchev–Trinajstić information content (AvgIpc) is 2.89. The van der Waals surface area contributed by atoms with Crippen LogP contribution in [0.1, 0.15) is 47.9 Å². The standard InChI is InChI=1S/C28H39N3O5/c1-7-13-31-16-19(2)26(35-6)17-30(4)28(33)24-15-22(11-12-25(24)36-18-20(31)3)29-27(32)21-9-8-10-23(14-21)34-5/h8-12,14-15,19-20,26H,7,13,16-18H2,1-6H3,(H,29,32)/t19-,20-,26-/m1/s1. The van der Waals surface area contributed by atoms with E-state index in [-0.39, 0.29) is 29.9 Å². The fourth-order valence-corrected chi connectivity index (χ4v) is 4.50. The number of methoxy groups -OCH3 is 2. The lowest BCUT2D eigenvalue weighted by atomic mass is 10.0. The smallest absolute Gasteiger partial charge is 0.257 e. The van der Waals surface area contributed by atoms with Crippen LogP contribution in [0.3, 0.4) is 0 Å². The van der Waals surface area contributed by atoms with Gasteiger partial charge in [-0.15, -0.1) is 0 Å². The molecule has 2 amide bonds. The van der Waals surface area contributed by atoms with E-state index < -0.39 is 0 Å². The van der Waals surface area contributed by atoms with Gasteiger partial charge < -0.3 is 24.4 Å². The van der Waals surface area contributed by atoms with Gasteiger partial charge >= 0.3 is 0 Å². The third kappa shape index (κ3) is 6.77. The number of benzene rings is 2. The van der Waals surface area contributed by atoms with Crippen molar-refractivity contribution in [3.8, 4) is 11.5 Å². The highest BCUT2D eigenvalue weighted by molar-refractivity contribution is 6.05. The summed E-state index contributed by atoms with van der Waals surface area (Å²) in [4.78, 5) is 30.4. The molecular weight excluding hydrogens is 458 g/mol. The highest BCUT2D eigenvalue weighted by atomic mass is 16.5. The van der Waals surface area contributed by atoms with Crippen molar-refractivity contribution in [3.63, 3.8) is 0 Å². The Kier molecular flexibility index (Phi) is 9.73. The summed E-state index contributed by atoms with van der Waals surface area (Å²) in [5.74, 6) is 0.846. The first kappa shape index (κ1) is 27.5. The van der Waals surface area contributed by atoms with Gasteiger partial charge in [-0.05, 0) is 62.2 Å². The number of hydrogen-bond donors (Lipinski definition) is 1. The minimum absolute atomic E-state index is 0.106. The van der Waals surface area contributed by atoms with Gasteiger partial charge in [0, 0.05) is 44.5 Å². The van der Waals surface area contributed by atoms with E-state index >= 15 is 0 Å². The van der Waals surface area contributed by atoms with Gasteiger partial charge in [0.05, 0.1) is 18.8 Å². The lowest BCUT2D eigenvalue weighted by Gasteiger charge is -2.35. The minimum Gasteiger partial charge on any atom is -0.497 e. The van der Waals surface area contributed by atoms with Crippen LogP contribution in [0.4, 0.5) is 5.69 Å². The lowest BCUT2D eigenvalue weighted by molar-refractivity contribution is 0.0108. The molecule has 0 saturated heterocycles. The molecule has 0 saturated carbocycles. The van der Waals surface area contributed by atoms with Crippen molar-refractivity contribution in [2.45, 2.75) is 39.3 Å². The summed E-state index contributed by atoms with van der Waals surface area (Å²) in [7, 11) is 5.02. The molecule has 0 aromatic heterocycles. The highest BCUT2D eigenvalue weighted by Gasteiger charge is 2.28. The second kappa shape index (κ2) is 12.7. The van der Waals surface area contributed by atoms with Crippen molar-refractivity contribution in [2.24, 2.45) is 5.92 Å². The number of carbonyl (C=O) groups excluding carboxylic acids is 2. The number of ether oxygens (including phenoxy) is 3. The summed E-state index contributed by atoms with van der Waals surface area (Å²) in [6.45, 7) is 9.20. The summed E-state index contributed by atoms with van der Waals surface area (Å²) >= 11 is 0. The van der Waals surface area contributed by atoms with E-state index in [0.717, 1.165) is 19.5 Å². The Bertz CT molecular complexity index is 1040. The number of amides is 2. The van der Waals surface area contributed by atoms with Crippen LogP contribution in [-0.4, -0.2) is 81.3 Å². The Labute approximate surface area is 214 Å². The number of rotatable bonds is 6. The molecule has 8 nitrogen and oxygen atoms in total. The van der Waals surface area contributed by atoms with Gasteiger partial charge in [-0.25, -0.2) is 0 Å². The Balaban J connectivity index is 1.91. The first-order valence-electron chi connectivity index (χ1n) is 12.5. The number of fused-ring (bicyclic) bond motifs is 1. The van der Waals surface area contributed by atoms with Crippen LogP contribution in [-0.2, 0) is 4.74 Å². The summed E-state index contributed by atoms with van der Waals surface area (Å²) < 4.78 is 17.2. The molecule has 0 spiro atoms. The van der Waals surface area contributed by atoms with Crippen LogP contribution in [0, 0.1) is 5.92 Å². The van der Waals surface area contributed by atoms with E-state index in [1.54, 1.807) is 68.6 Å². The molecule has 2 aromatic carbocycles. The van der Waals surface area contributed by atoms with Crippen molar-refractivity contribution < 1.29 is 23.8 Å². The van der Waals surface area contributed by atoms with Crippen LogP contribution in [0.2, 0.25) is 0 Å². The number of nitrogens with zero attached hydrogens (tertiary/aromatic N) is 2. The van der Waals surface area contributed by atoms with E-state index in [1.165, 1.54) is 0 Å².